The Balaban J connectivity index is 1.58. The van der Waals surface area contributed by atoms with Gasteiger partial charge >= 0.3 is 0 Å². The van der Waals surface area contributed by atoms with Crippen molar-refractivity contribution < 1.29 is 0 Å². The highest BCUT2D eigenvalue weighted by molar-refractivity contribution is 6.30. The van der Waals surface area contributed by atoms with Crippen LogP contribution in [0.2, 0.25) is 5.02 Å². The van der Waals surface area contributed by atoms with E-state index >= 15 is 0 Å². The standard InChI is InChI=1S/C16H25ClN2/c1-19(13-15-6-8-16(17)9-7-15)11-10-18-12-14-4-2-3-5-14/h6-9,14,18H,2-5,10-13H2,1H3. The summed E-state index contributed by atoms with van der Waals surface area (Å²) in [4.78, 5) is 2.35. The van der Waals surface area contributed by atoms with Crippen LogP contribution in [-0.4, -0.2) is 31.6 Å². The minimum Gasteiger partial charge on any atom is -0.315 e. The van der Waals surface area contributed by atoms with Gasteiger partial charge in [0.05, 0.1) is 0 Å². The minimum absolute atomic E-state index is 0.810. The lowest BCUT2D eigenvalue weighted by atomic mass is 10.1. The van der Waals surface area contributed by atoms with Gasteiger partial charge in [-0.3, -0.25) is 0 Å². The predicted octanol–water partition coefficient (Wildman–Crippen LogP) is 3.55. The van der Waals surface area contributed by atoms with Crippen LogP contribution in [0, 0.1) is 5.92 Å². The van der Waals surface area contributed by atoms with E-state index in [1.807, 2.05) is 12.1 Å². The molecular formula is C16H25ClN2. The van der Waals surface area contributed by atoms with E-state index in [4.69, 9.17) is 11.6 Å². The van der Waals surface area contributed by atoms with E-state index in [1.165, 1.54) is 37.8 Å². The maximum absolute atomic E-state index is 5.89. The van der Waals surface area contributed by atoms with Gasteiger partial charge in [0.2, 0.25) is 0 Å². The molecule has 1 aromatic carbocycles. The van der Waals surface area contributed by atoms with Crippen LogP contribution in [-0.2, 0) is 6.54 Å². The van der Waals surface area contributed by atoms with Crippen molar-refractivity contribution in [3.8, 4) is 0 Å². The SMILES string of the molecule is CN(CCNCC1CCCC1)Cc1ccc(Cl)cc1. The Hall–Kier alpha value is -0.570. The predicted molar refractivity (Wildman–Crippen MR) is 82.6 cm³/mol. The summed E-state index contributed by atoms with van der Waals surface area (Å²) in [6.45, 7) is 4.37. The van der Waals surface area contributed by atoms with Crippen molar-refractivity contribution in [2.75, 3.05) is 26.7 Å². The van der Waals surface area contributed by atoms with Gasteiger partial charge in [0.15, 0.2) is 0 Å². The third-order valence-corrected chi connectivity index (χ3v) is 4.20. The Bertz CT molecular complexity index is 358. The third-order valence-electron chi connectivity index (χ3n) is 3.94. The molecule has 0 saturated heterocycles. The average Bonchev–Trinajstić information content (AvgIpc) is 2.91. The summed E-state index contributed by atoms with van der Waals surface area (Å²) >= 11 is 5.89. The zero-order chi connectivity index (χ0) is 13.5. The quantitative estimate of drug-likeness (QED) is 0.769. The fourth-order valence-corrected chi connectivity index (χ4v) is 2.90. The maximum atomic E-state index is 5.89. The fraction of sp³-hybridized carbons (Fsp3) is 0.625. The molecule has 1 aliphatic rings. The molecule has 1 aliphatic carbocycles. The monoisotopic (exact) mass is 280 g/mol. The van der Waals surface area contributed by atoms with E-state index < -0.39 is 0 Å². The first-order valence-electron chi connectivity index (χ1n) is 7.38. The van der Waals surface area contributed by atoms with E-state index in [0.29, 0.717) is 0 Å². The van der Waals surface area contributed by atoms with E-state index in [-0.39, 0.29) is 0 Å². The summed E-state index contributed by atoms with van der Waals surface area (Å²) in [5.74, 6) is 0.932. The summed E-state index contributed by atoms with van der Waals surface area (Å²) in [5.41, 5.74) is 1.32. The molecule has 0 amide bonds. The van der Waals surface area contributed by atoms with Crippen LogP contribution in [0.1, 0.15) is 31.2 Å². The molecule has 0 atom stereocenters. The number of nitrogens with one attached hydrogen (secondary N) is 1. The summed E-state index contributed by atoms with van der Waals surface area (Å²) in [7, 11) is 2.17. The summed E-state index contributed by atoms with van der Waals surface area (Å²) in [6, 6.07) is 8.13. The molecule has 0 aliphatic heterocycles. The Morgan fingerprint density at radius 1 is 1.21 bits per heavy atom. The largest absolute Gasteiger partial charge is 0.315 e. The number of halogens is 1. The number of rotatable bonds is 7. The lowest BCUT2D eigenvalue weighted by Gasteiger charge is -2.18. The van der Waals surface area contributed by atoms with E-state index in [0.717, 1.165) is 30.6 Å². The van der Waals surface area contributed by atoms with Gasteiger partial charge in [-0.05, 0) is 50.0 Å². The highest BCUT2D eigenvalue weighted by Crippen LogP contribution is 2.23. The smallest absolute Gasteiger partial charge is 0.0406 e. The first-order chi connectivity index (χ1) is 9.24. The molecule has 1 fully saturated rings. The molecule has 3 heteroatoms. The molecule has 2 nitrogen and oxygen atoms in total. The van der Waals surface area contributed by atoms with Crippen LogP contribution in [0.3, 0.4) is 0 Å². The van der Waals surface area contributed by atoms with Crippen molar-refractivity contribution >= 4 is 11.6 Å². The van der Waals surface area contributed by atoms with Gasteiger partial charge in [0.25, 0.3) is 0 Å². The zero-order valence-electron chi connectivity index (χ0n) is 11.9. The van der Waals surface area contributed by atoms with Crippen LogP contribution >= 0.6 is 11.6 Å². The van der Waals surface area contributed by atoms with Crippen LogP contribution < -0.4 is 5.32 Å². The van der Waals surface area contributed by atoms with Crippen molar-refractivity contribution in [2.24, 2.45) is 5.92 Å². The average molecular weight is 281 g/mol. The molecule has 19 heavy (non-hydrogen) atoms. The molecule has 1 saturated carbocycles. The number of likely N-dealkylation sites (N-methyl/N-ethyl adjacent to an activating group) is 1. The number of nitrogens with zero attached hydrogens (tertiary/aromatic N) is 1. The van der Waals surface area contributed by atoms with Crippen molar-refractivity contribution in [1.29, 1.82) is 0 Å². The topological polar surface area (TPSA) is 15.3 Å². The van der Waals surface area contributed by atoms with Gasteiger partial charge < -0.3 is 10.2 Å². The minimum atomic E-state index is 0.810. The van der Waals surface area contributed by atoms with E-state index in [9.17, 15) is 0 Å². The van der Waals surface area contributed by atoms with Crippen LogP contribution in [0.5, 0.6) is 0 Å². The second-order valence-electron chi connectivity index (χ2n) is 5.72. The molecule has 2 rings (SSSR count). The molecule has 1 aromatic rings. The van der Waals surface area contributed by atoms with Gasteiger partial charge in [0.1, 0.15) is 0 Å². The first kappa shape index (κ1) is 14.8. The van der Waals surface area contributed by atoms with Gasteiger partial charge in [-0.15, -0.1) is 0 Å². The normalized spacial score (nSPS) is 16.4. The van der Waals surface area contributed by atoms with Crippen LogP contribution in [0.4, 0.5) is 0 Å². The second kappa shape index (κ2) is 7.88. The lowest BCUT2D eigenvalue weighted by molar-refractivity contribution is 0.319. The van der Waals surface area contributed by atoms with E-state index in [2.05, 4.69) is 29.4 Å². The van der Waals surface area contributed by atoms with Crippen molar-refractivity contribution in [3.05, 3.63) is 34.9 Å². The van der Waals surface area contributed by atoms with Gasteiger partial charge in [-0.25, -0.2) is 0 Å². The molecule has 1 N–H and O–H groups in total. The van der Waals surface area contributed by atoms with Gasteiger partial charge in [-0.1, -0.05) is 36.6 Å². The zero-order valence-corrected chi connectivity index (χ0v) is 12.6. The first-order valence-corrected chi connectivity index (χ1v) is 7.75. The highest BCUT2D eigenvalue weighted by atomic mass is 35.5. The van der Waals surface area contributed by atoms with Crippen molar-refractivity contribution in [3.63, 3.8) is 0 Å². The molecule has 0 unspecified atom stereocenters. The van der Waals surface area contributed by atoms with Crippen molar-refractivity contribution in [2.45, 2.75) is 32.2 Å². The summed E-state index contributed by atoms with van der Waals surface area (Å²) in [6.07, 6.45) is 5.72. The maximum Gasteiger partial charge on any atom is 0.0406 e. The third kappa shape index (κ3) is 5.52. The van der Waals surface area contributed by atoms with Crippen LogP contribution in [0.25, 0.3) is 0 Å². The number of benzene rings is 1. The number of hydrogen-bond acceptors (Lipinski definition) is 2. The molecule has 0 heterocycles. The van der Waals surface area contributed by atoms with Gasteiger partial charge in [-0.2, -0.15) is 0 Å². The second-order valence-corrected chi connectivity index (χ2v) is 6.16. The highest BCUT2D eigenvalue weighted by Gasteiger charge is 2.13. The Morgan fingerprint density at radius 2 is 1.89 bits per heavy atom. The summed E-state index contributed by atoms with van der Waals surface area (Å²) < 4.78 is 0. The number of hydrogen-bond donors (Lipinski definition) is 1. The molecule has 106 valence electrons. The molecular weight excluding hydrogens is 256 g/mol. The van der Waals surface area contributed by atoms with Crippen LogP contribution in [0.15, 0.2) is 24.3 Å². The molecule has 0 aromatic heterocycles. The Morgan fingerprint density at radius 3 is 2.58 bits per heavy atom. The lowest BCUT2D eigenvalue weighted by Crippen LogP contribution is -2.31. The molecule has 0 radical (unpaired) electrons. The summed E-state index contributed by atoms with van der Waals surface area (Å²) in [5, 5.41) is 4.40. The molecule has 0 spiro atoms. The van der Waals surface area contributed by atoms with Gasteiger partial charge in [0, 0.05) is 24.7 Å². The Kier molecular flexibility index (Phi) is 6.15. The fourth-order valence-electron chi connectivity index (χ4n) is 2.77. The van der Waals surface area contributed by atoms with Crippen molar-refractivity contribution in [1.82, 2.24) is 10.2 Å². The molecule has 0 bridgehead atoms. The van der Waals surface area contributed by atoms with E-state index in [1.54, 1.807) is 0 Å². The Labute approximate surface area is 122 Å².